The fourth-order valence-corrected chi connectivity index (χ4v) is 5.68. The number of benzene rings is 3. The van der Waals surface area contributed by atoms with Gasteiger partial charge in [-0.15, -0.1) is 0 Å². The summed E-state index contributed by atoms with van der Waals surface area (Å²) in [5.41, 5.74) is 1.06. The third kappa shape index (κ3) is 14.7. The van der Waals surface area contributed by atoms with E-state index in [9.17, 15) is 4.89 Å². The Morgan fingerprint density at radius 2 is 1.22 bits per heavy atom. The molecule has 3 unspecified atom stereocenters. The van der Waals surface area contributed by atoms with E-state index in [4.69, 9.17) is 23.3 Å². The lowest BCUT2D eigenvalue weighted by atomic mass is 10.1. The Morgan fingerprint density at radius 3 is 1.83 bits per heavy atom. The zero-order valence-electron chi connectivity index (χ0n) is 29.0. The molecule has 46 heavy (non-hydrogen) atoms. The van der Waals surface area contributed by atoms with Crippen molar-refractivity contribution >= 4 is 19.4 Å². The number of hydrogen-bond donors (Lipinski definition) is 1. The number of unbranched alkanes of at least 4 members (excludes halogenated alkanes) is 9. The van der Waals surface area contributed by atoms with Gasteiger partial charge in [0.15, 0.2) is 0 Å². The molecule has 0 aliphatic carbocycles. The van der Waals surface area contributed by atoms with Crippen LogP contribution in [0.25, 0.3) is 10.8 Å². The largest absolute Gasteiger partial charge is 0.493 e. The van der Waals surface area contributed by atoms with Crippen molar-refractivity contribution in [2.45, 2.75) is 96.8 Å². The molecule has 0 saturated heterocycles. The van der Waals surface area contributed by atoms with Gasteiger partial charge in [0, 0.05) is 10.8 Å². The first-order chi connectivity index (χ1) is 22.3. The SMILES string of the molecule is CCCCCCCCCCCCOc1cccc2c(OCC(COP(O)OCC(C)[N+](C)(C)C)OCc3ccccc3)cccc12. The van der Waals surface area contributed by atoms with Crippen molar-refractivity contribution in [1.82, 2.24) is 0 Å². The molecule has 0 saturated carbocycles. The number of quaternary nitrogens is 1. The van der Waals surface area contributed by atoms with E-state index in [1.165, 1.54) is 57.8 Å². The van der Waals surface area contributed by atoms with Gasteiger partial charge in [0.1, 0.15) is 36.9 Å². The Labute approximate surface area is 279 Å². The van der Waals surface area contributed by atoms with Gasteiger partial charge >= 0.3 is 8.60 Å². The van der Waals surface area contributed by atoms with E-state index in [1.54, 1.807) is 0 Å². The van der Waals surface area contributed by atoms with Crippen LogP contribution in [0.3, 0.4) is 0 Å². The minimum Gasteiger partial charge on any atom is -0.493 e. The minimum atomic E-state index is -2.03. The van der Waals surface area contributed by atoms with E-state index in [-0.39, 0.29) is 19.3 Å². The summed E-state index contributed by atoms with van der Waals surface area (Å²) in [4.78, 5) is 10.4. The molecule has 0 fully saturated rings. The number of ether oxygens (including phenoxy) is 3. The van der Waals surface area contributed by atoms with Crippen LogP contribution in [0, 0.1) is 0 Å². The smallest absolute Gasteiger partial charge is 0.330 e. The number of fused-ring (bicyclic) bond motifs is 1. The quantitative estimate of drug-likeness (QED) is 0.0557. The molecule has 0 aromatic heterocycles. The standard InChI is InChI=1S/C38H59NO6P/c1-6-7-8-9-10-11-12-13-14-18-27-41-37-25-19-24-36-35(37)23-20-26-38(36)43-30-34(42-29-33-21-16-15-17-22-33)31-45-46(40)44-28-32(2)39(3,4)5/h15-17,19-26,32,34,40H,6-14,18,27-31H2,1-5H3/q+1. The molecule has 0 heterocycles. The Balaban J connectivity index is 1.52. The van der Waals surface area contributed by atoms with Crippen molar-refractivity contribution in [2.75, 3.05) is 47.6 Å². The number of rotatable bonds is 25. The van der Waals surface area contributed by atoms with Gasteiger partial charge in [-0.25, -0.2) is 0 Å². The molecule has 3 aromatic rings. The molecule has 3 atom stereocenters. The van der Waals surface area contributed by atoms with Gasteiger partial charge in [-0.3, -0.25) is 0 Å². The normalized spacial score (nSPS) is 13.9. The van der Waals surface area contributed by atoms with Gasteiger partial charge in [-0.05, 0) is 31.0 Å². The van der Waals surface area contributed by atoms with E-state index < -0.39 is 14.7 Å². The van der Waals surface area contributed by atoms with E-state index in [1.807, 2.05) is 54.6 Å². The summed E-state index contributed by atoms with van der Waals surface area (Å²) in [6, 6.07) is 22.4. The second-order valence-corrected chi connectivity index (χ2v) is 14.2. The topological polar surface area (TPSA) is 66.4 Å². The van der Waals surface area contributed by atoms with Crippen molar-refractivity contribution in [3.05, 3.63) is 72.3 Å². The molecular weight excluding hydrogens is 597 g/mol. The van der Waals surface area contributed by atoms with Crippen LogP contribution < -0.4 is 9.47 Å². The average Bonchev–Trinajstić information content (AvgIpc) is 3.05. The molecule has 0 spiro atoms. The summed E-state index contributed by atoms with van der Waals surface area (Å²) < 4.78 is 30.9. The Morgan fingerprint density at radius 1 is 0.652 bits per heavy atom. The average molecular weight is 657 g/mol. The lowest BCUT2D eigenvalue weighted by Gasteiger charge is -2.31. The maximum Gasteiger partial charge on any atom is 0.330 e. The van der Waals surface area contributed by atoms with Crippen LogP contribution in [0.1, 0.15) is 83.6 Å². The lowest BCUT2D eigenvalue weighted by molar-refractivity contribution is -0.894. The van der Waals surface area contributed by atoms with Gasteiger partial charge < -0.3 is 32.6 Å². The molecule has 3 rings (SSSR count). The molecule has 0 amide bonds. The van der Waals surface area contributed by atoms with Crippen LogP contribution >= 0.6 is 8.60 Å². The van der Waals surface area contributed by atoms with E-state index in [0.29, 0.717) is 19.8 Å². The first-order valence-electron chi connectivity index (χ1n) is 17.3. The second-order valence-electron chi connectivity index (χ2n) is 13.2. The van der Waals surface area contributed by atoms with Crippen molar-refractivity contribution in [2.24, 2.45) is 0 Å². The predicted molar refractivity (Wildman–Crippen MR) is 190 cm³/mol. The number of hydrogen-bond acceptors (Lipinski definition) is 6. The second kappa shape index (κ2) is 21.6. The highest BCUT2D eigenvalue weighted by molar-refractivity contribution is 7.40. The molecule has 3 aromatic carbocycles. The van der Waals surface area contributed by atoms with Crippen molar-refractivity contribution in [3.8, 4) is 11.5 Å². The van der Waals surface area contributed by atoms with Crippen LogP contribution in [0.5, 0.6) is 11.5 Å². The summed E-state index contributed by atoms with van der Waals surface area (Å²) in [6.07, 6.45) is 12.6. The van der Waals surface area contributed by atoms with E-state index in [2.05, 4.69) is 47.1 Å². The zero-order valence-corrected chi connectivity index (χ0v) is 29.9. The fraction of sp³-hybridized carbons (Fsp3) is 0.579. The summed E-state index contributed by atoms with van der Waals surface area (Å²) >= 11 is 0. The van der Waals surface area contributed by atoms with Crippen LogP contribution in [-0.4, -0.2) is 69.1 Å². The van der Waals surface area contributed by atoms with Crippen LogP contribution in [0.2, 0.25) is 0 Å². The van der Waals surface area contributed by atoms with Crippen molar-refractivity contribution in [1.29, 1.82) is 0 Å². The maximum atomic E-state index is 10.4. The Hall–Kier alpha value is -2.25. The summed E-state index contributed by atoms with van der Waals surface area (Å²) in [5.74, 6) is 1.64. The Bertz CT molecular complexity index is 1220. The van der Waals surface area contributed by atoms with Gasteiger partial charge in [-0.1, -0.05) is 119 Å². The molecule has 0 aliphatic heterocycles. The van der Waals surface area contributed by atoms with E-state index >= 15 is 0 Å². The van der Waals surface area contributed by atoms with Crippen molar-refractivity contribution in [3.63, 3.8) is 0 Å². The van der Waals surface area contributed by atoms with Crippen molar-refractivity contribution < 1.29 is 32.6 Å². The maximum absolute atomic E-state index is 10.4. The third-order valence-electron chi connectivity index (χ3n) is 8.47. The monoisotopic (exact) mass is 656 g/mol. The van der Waals surface area contributed by atoms with Gasteiger partial charge in [0.2, 0.25) is 0 Å². The molecular formula is C38H59NO6P+. The highest BCUT2D eigenvalue weighted by Crippen LogP contribution is 2.35. The van der Waals surface area contributed by atoms with Gasteiger partial charge in [0.25, 0.3) is 0 Å². The first kappa shape index (κ1) is 38.2. The van der Waals surface area contributed by atoms with Gasteiger partial charge in [-0.2, -0.15) is 0 Å². The van der Waals surface area contributed by atoms with E-state index in [0.717, 1.165) is 38.7 Å². The molecule has 0 radical (unpaired) electrons. The first-order valence-corrected chi connectivity index (χ1v) is 18.4. The molecule has 1 N–H and O–H groups in total. The third-order valence-corrected chi connectivity index (χ3v) is 9.21. The predicted octanol–water partition coefficient (Wildman–Crippen LogP) is 9.45. The van der Waals surface area contributed by atoms with Crippen LogP contribution in [0.15, 0.2) is 66.7 Å². The van der Waals surface area contributed by atoms with Crippen LogP contribution in [0.4, 0.5) is 0 Å². The molecule has 0 bridgehead atoms. The zero-order chi connectivity index (χ0) is 33.0. The number of nitrogens with zero attached hydrogens (tertiary/aromatic N) is 1. The minimum absolute atomic E-state index is 0.145. The highest BCUT2D eigenvalue weighted by Gasteiger charge is 2.22. The Kier molecular flexibility index (Phi) is 17.9. The molecule has 0 aliphatic rings. The number of likely N-dealkylation sites (N-methyl/N-ethyl adjacent to an activating group) is 1. The fourth-order valence-electron chi connectivity index (χ4n) is 4.97. The van der Waals surface area contributed by atoms with Gasteiger partial charge in [0.05, 0.1) is 41.0 Å². The van der Waals surface area contributed by atoms with Crippen LogP contribution in [-0.2, 0) is 20.4 Å². The molecule has 256 valence electrons. The summed E-state index contributed by atoms with van der Waals surface area (Å²) in [5, 5.41) is 2.02. The molecule has 7 nitrogen and oxygen atoms in total. The molecule has 8 heteroatoms. The summed E-state index contributed by atoms with van der Waals surface area (Å²) in [7, 11) is 4.26. The lowest BCUT2D eigenvalue weighted by Crippen LogP contribution is -2.45. The highest BCUT2D eigenvalue weighted by atomic mass is 31.2. The summed E-state index contributed by atoms with van der Waals surface area (Å²) in [6.45, 7) is 6.28.